The number of carbonyl (C=O) groups is 4. The zero-order valence-corrected chi connectivity index (χ0v) is 40.8. The molecule has 2 aliphatic rings. The SMILES string of the molecule is CCCCCCCCCCCCNc1nc(N)nc(NCCCCN2C(=O)c3ccc4c5ccc6c7c(ccc(c8ccc(c3c48)C2=O)c75)C(=O)N(C(CCCCCC)CCCCCC)C6=O)n1. The van der Waals surface area contributed by atoms with Crippen LogP contribution in [0.2, 0.25) is 0 Å². The molecular formula is C56H72N8O4. The first-order chi connectivity index (χ1) is 33.3. The smallest absolute Gasteiger partial charge is 0.261 e. The lowest BCUT2D eigenvalue weighted by Crippen LogP contribution is -2.47. The molecule has 8 rings (SSSR count). The molecule has 5 aromatic carbocycles. The van der Waals surface area contributed by atoms with E-state index in [9.17, 15) is 19.2 Å². The summed E-state index contributed by atoms with van der Waals surface area (Å²) in [5.41, 5.74) is 8.14. The third kappa shape index (κ3) is 10.2. The number of carbonyl (C=O) groups excluding carboxylic acids is 4. The molecule has 4 N–H and O–H groups in total. The number of nitrogens with zero attached hydrogens (tertiary/aromatic N) is 5. The van der Waals surface area contributed by atoms with Crippen molar-refractivity contribution >= 4 is 84.6 Å². The van der Waals surface area contributed by atoms with E-state index < -0.39 is 0 Å². The van der Waals surface area contributed by atoms with E-state index >= 15 is 0 Å². The van der Waals surface area contributed by atoms with Gasteiger partial charge in [-0.15, -0.1) is 0 Å². The first kappa shape index (κ1) is 48.5. The molecule has 0 bridgehead atoms. The highest BCUT2D eigenvalue weighted by Crippen LogP contribution is 2.46. The van der Waals surface area contributed by atoms with Crippen LogP contribution in [0.15, 0.2) is 48.5 Å². The summed E-state index contributed by atoms with van der Waals surface area (Å²) in [7, 11) is 0. The van der Waals surface area contributed by atoms with E-state index in [4.69, 9.17) is 5.73 Å². The van der Waals surface area contributed by atoms with Crippen LogP contribution in [0.25, 0.3) is 43.1 Å². The molecule has 1 aromatic heterocycles. The molecule has 68 heavy (non-hydrogen) atoms. The second-order valence-corrected chi connectivity index (χ2v) is 19.3. The van der Waals surface area contributed by atoms with Crippen molar-refractivity contribution in [1.82, 2.24) is 24.8 Å². The number of imide groups is 2. The van der Waals surface area contributed by atoms with Crippen molar-refractivity contribution in [2.75, 3.05) is 36.0 Å². The Morgan fingerprint density at radius 2 is 0.809 bits per heavy atom. The molecule has 2 aliphatic heterocycles. The second kappa shape index (κ2) is 22.9. The highest BCUT2D eigenvalue weighted by molar-refractivity contribution is 6.41. The molecule has 0 radical (unpaired) electrons. The molecule has 4 amide bonds. The quantitative estimate of drug-likeness (QED) is 0.0179. The molecule has 0 unspecified atom stereocenters. The van der Waals surface area contributed by atoms with Crippen molar-refractivity contribution in [3.8, 4) is 0 Å². The van der Waals surface area contributed by atoms with Crippen LogP contribution in [-0.4, -0.2) is 74.1 Å². The Hall–Kier alpha value is -5.91. The van der Waals surface area contributed by atoms with E-state index in [0.29, 0.717) is 64.3 Å². The number of amides is 4. The molecule has 0 fully saturated rings. The molecule has 360 valence electrons. The highest BCUT2D eigenvalue weighted by atomic mass is 16.2. The summed E-state index contributed by atoms with van der Waals surface area (Å²) >= 11 is 0. The third-order valence-electron chi connectivity index (χ3n) is 14.5. The van der Waals surface area contributed by atoms with Gasteiger partial charge in [0.2, 0.25) is 17.8 Å². The zero-order valence-electron chi connectivity index (χ0n) is 40.8. The van der Waals surface area contributed by atoms with Gasteiger partial charge in [-0.3, -0.25) is 29.0 Å². The van der Waals surface area contributed by atoms with E-state index in [0.717, 1.165) is 116 Å². The summed E-state index contributed by atoms with van der Waals surface area (Å²) < 4.78 is 0. The minimum absolute atomic E-state index is 0.135. The Morgan fingerprint density at radius 1 is 0.441 bits per heavy atom. The largest absolute Gasteiger partial charge is 0.368 e. The number of benzene rings is 5. The summed E-state index contributed by atoms with van der Waals surface area (Å²) in [6.07, 6.45) is 24.3. The average Bonchev–Trinajstić information content (AvgIpc) is 3.34. The van der Waals surface area contributed by atoms with Crippen molar-refractivity contribution in [2.24, 2.45) is 0 Å². The van der Waals surface area contributed by atoms with Gasteiger partial charge in [0, 0.05) is 58.7 Å². The van der Waals surface area contributed by atoms with Gasteiger partial charge < -0.3 is 16.4 Å². The van der Waals surface area contributed by atoms with Crippen LogP contribution in [0.5, 0.6) is 0 Å². The van der Waals surface area contributed by atoms with Crippen LogP contribution in [0.4, 0.5) is 17.8 Å². The Balaban J connectivity index is 0.929. The van der Waals surface area contributed by atoms with Crippen LogP contribution in [0, 0.1) is 0 Å². The molecule has 3 heterocycles. The molecule has 12 nitrogen and oxygen atoms in total. The van der Waals surface area contributed by atoms with E-state index in [1.807, 2.05) is 48.5 Å². The summed E-state index contributed by atoms with van der Waals surface area (Å²) in [5, 5.41) is 13.2. The first-order valence-corrected chi connectivity index (χ1v) is 26.2. The van der Waals surface area contributed by atoms with Crippen molar-refractivity contribution in [2.45, 2.75) is 168 Å². The van der Waals surface area contributed by atoms with E-state index in [-0.39, 0.29) is 42.2 Å². The van der Waals surface area contributed by atoms with Gasteiger partial charge in [-0.05, 0) is 88.7 Å². The summed E-state index contributed by atoms with van der Waals surface area (Å²) in [4.78, 5) is 73.5. The lowest BCUT2D eigenvalue weighted by molar-refractivity contribution is 0.0514. The number of unbranched alkanes of at least 4 members (excludes halogenated alkanes) is 16. The molecule has 0 saturated heterocycles. The van der Waals surface area contributed by atoms with Crippen molar-refractivity contribution < 1.29 is 19.2 Å². The first-order valence-electron chi connectivity index (χ1n) is 26.2. The number of nitrogens with two attached hydrogens (primary N) is 1. The summed E-state index contributed by atoms with van der Waals surface area (Å²) in [6, 6.07) is 15.2. The van der Waals surface area contributed by atoms with Gasteiger partial charge in [0.05, 0.1) is 0 Å². The summed E-state index contributed by atoms with van der Waals surface area (Å²) in [6.45, 7) is 8.20. The normalized spacial score (nSPS) is 13.8. The molecule has 0 aliphatic carbocycles. The summed E-state index contributed by atoms with van der Waals surface area (Å²) in [5.74, 6) is -0.0669. The van der Waals surface area contributed by atoms with Crippen LogP contribution in [0.3, 0.4) is 0 Å². The number of nitrogens with one attached hydrogen (secondary N) is 2. The maximum Gasteiger partial charge on any atom is 0.261 e. The Labute approximate surface area is 401 Å². The predicted octanol–water partition coefficient (Wildman–Crippen LogP) is 13.2. The Kier molecular flexibility index (Phi) is 16.4. The maximum absolute atomic E-state index is 14.5. The molecule has 6 aromatic rings. The minimum atomic E-state index is -0.311. The Morgan fingerprint density at radius 3 is 1.24 bits per heavy atom. The molecular weight excluding hydrogens is 849 g/mol. The number of rotatable bonds is 29. The predicted molar refractivity (Wildman–Crippen MR) is 277 cm³/mol. The average molecular weight is 921 g/mol. The maximum atomic E-state index is 14.5. The van der Waals surface area contributed by atoms with E-state index in [1.165, 1.54) is 56.3 Å². The number of anilines is 3. The lowest BCUT2D eigenvalue weighted by atomic mass is 9.82. The number of hydrogen-bond acceptors (Lipinski definition) is 10. The zero-order chi connectivity index (χ0) is 47.6. The van der Waals surface area contributed by atoms with E-state index in [1.54, 1.807) is 4.90 Å². The van der Waals surface area contributed by atoms with Gasteiger partial charge in [0.25, 0.3) is 23.6 Å². The number of fused-ring (bicyclic) bond motifs is 2. The van der Waals surface area contributed by atoms with Gasteiger partial charge >= 0.3 is 0 Å². The fourth-order valence-electron chi connectivity index (χ4n) is 10.8. The van der Waals surface area contributed by atoms with Crippen molar-refractivity contribution in [3.05, 3.63) is 70.8 Å². The van der Waals surface area contributed by atoms with Gasteiger partial charge in [-0.25, -0.2) is 0 Å². The van der Waals surface area contributed by atoms with Gasteiger partial charge in [0.1, 0.15) is 0 Å². The van der Waals surface area contributed by atoms with Crippen molar-refractivity contribution in [3.63, 3.8) is 0 Å². The number of nitrogen functional groups attached to an aromatic ring is 1. The van der Waals surface area contributed by atoms with E-state index in [2.05, 4.69) is 46.4 Å². The van der Waals surface area contributed by atoms with Gasteiger partial charge in [-0.2, -0.15) is 15.0 Å². The number of hydrogen-bond donors (Lipinski definition) is 3. The van der Waals surface area contributed by atoms with Crippen LogP contribution >= 0.6 is 0 Å². The minimum Gasteiger partial charge on any atom is -0.368 e. The second-order valence-electron chi connectivity index (χ2n) is 19.3. The fourth-order valence-corrected chi connectivity index (χ4v) is 10.8. The Bertz CT molecular complexity index is 2620. The van der Waals surface area contributed by atoms with Gasteiger partial charge in [-0.1, -0.05) is 154 Å². The molecule has 0 atom stereocenters. The fraction of sp³-hybridized carbons (Fsp3) is 0.518. The molecule has 0 spiro atoms. The standard InChI is InChI=1S/C56H72N8O4/c1-4-7-10-13-14-15-16-17-18-21-34-58-55-60-54(57)61-56(62-55)59-35-22-23-36-63-50(65)42-30-26-38-40-28-32-44-49-45(33-29-41(47(40)49)39-27-31-43(51(63)66)48(42)46(38)39)53(68)64(52(44)67)37(24-19-11-8-5-2)25-20-12-9-6-3/h26-33,37H,4-25,34-36H2,1-3H3,(H4,57,58,59,60,61,62). The van der Waals surface area contributed by atoms with Crippen LogP contribution in [-0.2, 0) is 0 Å². The van der Waals surface area contributed by atoms with Crippen LogP contribution < -0.4 is 16.4 Å². The molecule has 0 saturated carbocycles. The van der Waals surface area contributed by atoms with Crippen LogP contribution in [0.1, 0.15) is 203 Å². The van der Waals surface area contributed by atoms with Crippen molar-refractivity contribution in [1.29, 1.82) is 0 Å². The highest BCUT2D eigenvalue weighted by Gasteiger charge is 2.39. The monoisotopic (exact) mass is 921 g/mol. The third-order valence-corrected chi connectivity index (χ3v) is 14.5. The van der Waals surface area contributed by atoms with Gasteiger partial charge in [0.15, 0.2) is 0 Å². The number of aromatic nitrogens is 3. The topological polar surface area (TPSA) is 164 Å². The molecule has 12 heteroatoms. The lowest BCUT2D eigenvalue weighted by Gasteiger charge is -2.35.